The van der Waals surface area contributed by atoms with Gasteiger partial charge in [-0.15, -0.1) is 0 Å². The Labute approximate surface area is 199 Å². The van der Waals surface area contributed by atoms with Gasteiger partial charge in [-0.2, -0.15) is 0 Å². The van der Waals surface area contributed by atoms with Crippen molar-refractivity contribution in [3.05, 3.63) is 0 Å². The van der Waals surface area contributed by atoms with Crippen molar-refractivity contribution in [2.45, 2.75) is 161 Å². The molecule has 0 bridgehead atoms. The third-order valence-corrected chi connectivity index (χ3v) is 16.2. The van der Waals surface area contributed by atoms with E-state index in [1.54, 1.807) is 0 Å². The molecule has 0 aliphatic heterocycles. The van der Waals surface area contributed by atoms with E-state index in [1.807, 2.05) is 0 Å². The molecule has 188 valence electrons. The van der Waals surface area contributed by atoms with Crippen molar-refractivity contribution in [3.63, 3.8) is 0 Å². The highest BCUT2D eigenvalue weighted by Crippen LogP contribution is 2.35. The summed E-state index contributed by atoms with van der Waals surface area (Å²) in [5.74, 6) is 0. The average molecular weight is 473 g/mol. The predicted molar refractivity (Wildman–Crippen MR) is 146 cm³/mol. The van der Waals surface area contributed by atoms with E-state index in [0.717, 1.165) is 13.2 Å². The van der Waals surface area contributed by atoms with Crippen LogP contribution >= 0.6 is 0 Å². The smallest absolute Gasteiger partial charge is 0.192 e. The van der Waals surface area contributed by atoms with Crippen LogP contribution in [0.5, 0.6) is 0 Å². The fourth-order valence-corrected chi connectivity index (χ4v) is 14.3. The topological polar surface area (TPSA) is 18.5 Å². The highest BCUT2D eigenvalue weighted by molar-refractivity contribution is 6.75. The number of rotatable bonds is 24. The van der Waals surface area contributed by atoms with Crippen molar-refractivity contribution in [2.75, 3.05) is 13.2 Å². The van der Waals surface area contributed by atoms with Gasteiger partial charge in [-0.1, -0.05) is 112 Å². The van der Waals surface area contributed by atoms with E-state index in [2.05, 4.69) is 41.5 Å². The maximum atomic E-state index is 6.86. The zero-order valence-corrected chi connectivity index (χ0v) is 24.7. The predicted octanol–water partition coefficient (Wildman–Crippen LogP) is 10.1. The van der Waals surface area contributed by atoms with Crippen LogP contribution in [0, 0.1) is 0 Å². The zero-order chi connectivity index (χ0) is 23.3. The third kappa shape index (κ3) is 15.0. The molecular formula is C27H60O2Si2. The Hall–Kier alpha value is 0.354. The van der Waals surface area contributed by atoms with Crippen molar-refractivity contribution in [1.82, 2.24) is 0 Å². The Morgan fingerprint density at radius 2 is 0.613 bits per heavy atom. The van der Waals surface area contributed by atoms with Crippen molar-refractivity contribution in [1.29, 1.82) is 0 Å². The summed E-state index contributed by atoms with van der Waals surface area (Å²) in [6.45, 7) is 16.0. The van der Waals surface area contributed by atoms with Crippen LogP contribution < -0.4 is 0 Å². The Morgan fingerprint density at radius 1 is 0.355 bits per heavy atom. The van der Waals surface area contributed by atoms with Gasteiger partial charge in [0.1, 0.15) is 0 Å². The van der Waals surface area contributed by atoms with Crippen LogP contribution in [-0.2, 0) is 8.85 Å². The first-order valence-corrected chi connectivity index (χ1v) is 19.4. The first-order valence-electron chi connectivity index (χ1n) is 14.3. The maximum absolute atomic E-state index is 6.86. The third-order valence-electron chi connectivity index (χ3n) is 7.02. The quantitative estimate of drug-likeness (QED) is 0.103. The molecule has 0 saturated carbocycles. The van der Waals surface area contributed by atoms with Gasteiger partial charge in [-0.25, -0.2) is 0 Å². The Bertz CT molecular complexity index is 326. The second-order valence-corrected chi connectivity index (χ2v) is 18.3. The lowest BCUT2D eigenvalue weighted by atomic mass is 10.4. The molecular weight excluding hydrogens is 412 g/mol. The summed E-state index contributed by atoms with van der Waals surface area (Å²) in [6.07, 6.45) is 17.0. The van der Waals surface area contributed by atoms with Gasteiger partial charge in [0.15, 0.2) is 16.6 Å². The lowest BCUT2D eigenvalue weighted by molar-refractivity contribution is 0.282. The van der Waals surface area contributed by atoms with Gasteiger partial charge < -0.3 is 8.85 Å². The molecule has 0 aromatic rings. The summed E-state index contributed by atoms with van der Waals surface area (Å²) < 4.78 is 13.7. The van der Waals surface area contributed by atoms with Gasteiger partial charge in [0.2, 0.25) is 0 Å². The van der Waals surface area contributed by atoms with E-state index in [1.165, 1.54) is 120 Å². The molecule has 0 amide bonds. The summed E-state index contributed by atoms with van der Waals surface area (Å²) in [4.78, 5) is 0. The molecule has 0 aliphatic carbocycles. The summed E-state index contributed by atoms with van der Waals surface area (Å²) in [5.41, 5.74) is 0. The lowest BCUT2D eigenvalue weighted by Crippen LogP contribution is -2.41. The molecule has 0 fully saturated rings. The van der Waals surface area contributed by atoms with E-state index in [9.17, 15) is 0 Å². The van der Waals surface area contributed by atoms with Crippen LogP contribution in [0.1, 0.15) is 125 Å². The number of hydrogen-bond acceptors (Lipinski definition) is 2. The van der Waals surface area contributed by atoms with Crippen molar-refractivity contribution in [2.24, 2.45) is 0 Å². The van der Waals surface area contributed by atoms with Crippen LogP contribution in [0.25, 0.3) is 0 Å². The summed E-state index contributed by atoms with van der Waals surface area (Å²) >= 11 is 0. The highest BCUT2D eigenvalue weighted by Gasteiger charge is 2.37. The average Bonchev–Trinajstić information content (AvgIpc) is 2.78. The van der Waals surface area contributed by atoms with Gasteiger partial charge in [0.05, 0.1) is 0 Å². The second-order valence-electron chi connectivity index (χ2n) is 10.0. The van der Waals surface area contributed by atoms with E-state index in [4.69, 9.17) is 8.85 Å². The first kappa shape index (κ1) is 31.4. The van der Waals surface area contributed by atoms with E-state index < -0.39 is 16.6 Å². The van der Waals surface area contributed by atoms with Gasteiger partial charge in [0, 0.05) is 13.2 Å². The zero-order valence-electron chi connectivity index (χ0n) is 22.7. The molecule has 0 spiro atoms. The molecule has 0 aromatic carbocycles. The molecule has 0 heterocycles. The summed E-state index contributed by atoms with van der Waals surface area (Å²) in [7, 11) is -3.22. The molecule has 31 heavy (non-hydrogen) atoms. The van der Waals surface area contributed by atoms with E-state index in [-0.39, 0.29) is 0 Å². The molecule has 4 heteroatoms. The van der Waals surface area contributed by atoms with E-state index in [0.29, 0.717) is 0 Å². The Morgan fingerprint density at radius 3 is 0.871 bits per heavy atom. The molecule has 0 aliphatic rings. The van der Waals surface area contributed by atoms with Gasteiger partial charge in [-0.05, 0) is 49.1 Å². The number of hydrogen-bond donors (Lipinski definition) is 0. The minimum atomic E-state index is -1.61. The van der Waals surface area contributed by atoms with Crippen LogP contribution in [0.3, 0.4) is 0 Å². The molecule has 0 rings (SSSR count). The van der Waals surface area contributed by atoms with Crippen molar-refractivity contribution < 1.29 is 8.85 Å². The molecule has 0 aromatic heterocycles. The van der Waals surface area contributed by atoms with Crippen LogP contribution in [0.15, 0.2) is 0 Å². The molecule has 2 nitrogen and oxygen atoms in total. The van der Waals surface area contributed by atoms with Gasteiger partial charge >= 0.3 is 0 Å². The van der Waals surface area contributed by atoms with Crippen molar-refractivity contribution in [3.8, 4) is 0 Å². The summed E-state index contributed by atoms with van der Waals surface area (Å²) in [6, 6.07) is 8.34. The van der Waals surface area contributed by atoms with Crippen LogP contribution in [0.2, 0.25) is 36.3 Å². The maximum Gasteiger partial charge on any atom is 0.192 e. The van der Waals surface area contributed by atoms with Crippen LogP contribution in [-0.4, -0.2) is 29.8 Å². The highest BCUT2D eigenvalue weighted by atomic mass is 28.4. The Kier molecular flexibility index (Phi) is 21.2. The van der Waals surface area contributed by atoms with Gasteiger partial charge in [0.25, 0.3) is 0 Å². The molecule has 0 saturated heterocycles. The number of unbranched alkanes of at least 4 members (excludes halogenated alkanes) is 6. The molecule has 0 unspecified atom stereocenters. The normalized spacial score (nSPS) is 12.6. The largest absolute Gasteiger partial charge is 0.417 e. The van der Waals surface area contributed by atoms with Crippen molar-refractivity contribution >= 4 is 16.6 Å². The SMILES string of the molecule is CCCCO[Si](CCCC)(CCCC)CCC[Si](CCCC)(CCCC)OCCCC. The minimum Gasteiger partial charge on any atom is -0.417 e. The Balaban J connectivity index is 5.28. The monoisotopic (exact) mass is 472 g/mol. The van der Waals surface area contributed by atoms with Crippen LogP contribution in [0.4, 0.5) is 0 Å². The minimum absolute atomic E-state index is 1.01. The fourth-order valence-electron chi connectivity index (χ4n) is 4.78. The standard InChI is InChI=1S/C27H60O2Si2/c1-7-13-20-28-30(22-15-9-3,23-16-10-4)26-19-27-31(24-17-11-5,25-18-12-6)29-21-14-8-2/h7-27H2,1-6H3. The lowest BCUT2D eigenvalue weighted by Gasteiger charge is -2.35. The fraction of sp³-hybridized carbons (Fsp3) is 1.00. The molecule has 0 N–H and O–H groups in total. The molecule has 0 radical (unpaired) electrons. The second kappa shape index (κ2) is 20.9. The van der Waals surface area contributed by atoms with E-state index >= 15 is 0 Å². The summed E-state index contributed by atoms with van der Waals surface area (Å²) in [5, 5.41) is 0. The molecule has 0 atom stereocenters. The first-order chi connectivity index (χ1) is 15.1. The van der Waals surface area contributed by atoms with Gasteiger partial charge in [-0.3, -0.25) is 0 Å².